The number of carbonyl (C=O) groups is 5. The predicted octanol–water partition coefficient (Wildman–Crippen LogP) is 8.30. The second-order valence-corrected chi connectivity index (χ2v) is 19.4. The average molecular weight is 1040 g/mol. The van der Waals surface area contributed by atoms with Crippen LogP contribution < -0.4 is 31.2 Å². The zero-order valence-electron chi connectivity index (χ0n) is 42.5. The molecular weight excluding hydrogens is 974 g/mol. The van der Waals surface area contributed by atoms with Gasteiger partial charge in [-0.05, 0) is 105 Å². The third-order valence-electron chi connectivity index (χ3n) is 10.9. The van der Waals surface area contributed by atoms with E-state index >= 15 is 0 Å². The molecule has 0 radical (unpaired) electrons. The molecule has 0 fully saturated rings. The zero-order valence-corrected chi connectivity index (χ0v) is 43.4. The molecule has 2 atom stereocenters. The molecule has 396 valence electrons. The second kappa shape index (κ2) is 29.2. The molecule has 0 aliphatic rings. The van der Waals surface area contributed by atoms with E-state index < -0.39 is 25.7 Å². The maximum absolute atomic E-state index is 13.3. The van der Waals surface area contributed by atoms with Crippen molar-refractivity contribution in [2.24, 2.45) is 5.73 Å². The van der Waals surface area contributed by atoms with Crippen molar-refractivity contribution >= 4 is 48.5 Å². The number of ketones is 2. The summed E-state index contributed by atoms with van der Waals surface area (Å²) in [4.78, 5) is 73.8. The minimum Gasteiger partial charge on any atom is -0.460 e. The van der Waals surface area contributed by atoms with Crippen LogP contribution in [0.2, 0.25) is 0 Å². The van der Waals surface area contributed by atoms with Crippen molar-refractivity contribution in [1.29, 1.82) is 0 Å². The Labute approximate surface area is 431 Å². The molecule has 19 nitrogen and oxygen atoms in total. The van der Waals surface area contributed by atoms with Crippen LogP contribution in [-0.2, 0) is 27.8 Å². The van der Waals surface area contributed by atoms with Crippen LogP contribution in [0, 0.1) is 0 Å². The first-order valence-corrected chi connectivity index (χ1v) is 25.6. The normalized spacial score (nSPS) is 12.5. The molecular formula is C54H67N5O14P+. The first kappa shape index (κ1) is 58.1. The maximum atomic E-state index is 13.3. The van der Waals surface area contributed by atoms with E-state index in [4.69, 9.17) is 38.5 Å². The lowest BCUT2D eigenvalue weighted by atomic mass is 9.98. The lowest BCUT2D eigenvalue weighted by Gasteiger charge is -2.24. The van der Waals surface area contributed by atoms with Gasteiger partial charge in [-0.1, -0.05) is 37.1 Å². The number of esters is 1. The van der Waals surface area contributed by atoms with Crippen LogP contribution in [-0.4, -0.2) is 132 Å². The number of phosphoric acid groups is 1. The van der Waals surface area contributed by atoms with Crippen molar-refractivity contribution in [2.45, 2.75) is 38.6 Å². The van der Waals surface area contributed by atoms with E-state index in [1.54, 1.807) is 92.0 Å². The summed E-state index contributed by atoms with van der Waals surface area (Å²) in [5.41, 5.74) is 9.22. The highest BCUT2D eigenvalue weighted by Crippen LogP contribution is 2.42. The Hall–Kier alpha value is -6.80. The lowest BCUT2D eigenvalue weighted by Crippen LogP contribution is -2.37. The molecule has 6 N–H and O–H groups in total. The van der Waals surface area contributed by atoms with Gasteiger partial charge >= 0.3 is 13.8 Å². The third-order valence-corrected chi connectivity index (χ3v) is 11.9. The minimum absolute atomic E-state index is 0.0421. The number of hydrogen-bond acceptors (Lipinski definition) is 15. The number of anilines is 2. The number of amides is 2. The van der Waals surface area contributed by atoms with Crippen molar-refractivity contribution < 1.29 is 70.6 Å². The number of nitrogens with two attached hydrogens (primary N) is 1. The van der Waals surface area contributed by atoms with Crippen molar-refractivity contribution in [1.82, 2.24) is 5.32 Å². The number of Topliss-reactive ketones (excluding diaryl/α,β-unsaturated/α-hetero) is 2. The van der Waals surface area contributed by atoms with Crippen LogP contribution in [0.15, 0.2) is 115 Å². The highest BCUT2D eigenvalue weighted by Gasteiger charge is 2.23. The van der Waals surface area contributed by atoms with Crippen LogP contribution in [0.1, 0.15) is 84.4 Å². The van der Waals surface area contributed by atoms with Crippen molar-refractivity contribution in [3.63, 3.8) is 0 Å². The van der Waals surface area contributed by atoms with Crippen LogP contribution in [0.4, 0.5) is 11.4 Å². The molecule has 0 heterocycles. The maximum Gasteiger partial charge on any atom is 0.472 e. The van der Waals surface area contributed by atoms with E-state index in [0.717, 1.165) is 12.1 Å². The van der Waals surface area contributed by atoms with Gasteiger partial charge in [0.25, 0.3) is 11.8 Å². The van der Waals surface area contributed by atoms with E-state index in [1.807, 2.05) is 33.3 Å². The number of quaternary nitrogens is 1. The fraction of sp³-hybridized carbons (Fsp3) is 0.352. The Balaban J connectivity index is 1.07. The summed E-state index contributed by atoms with van der Waals surface area (Å²) >= 11 is 0. The number of nitrogens with one attached hydrogen (secondary N) is 3. The highest BCUT2D eigenvalue weighted by molar-refractivity contribution is 7.47. The molecule has 0 aliphatic heterocycles. The molecule has 5 aromatic rings. The summed E-state index contributed by atoms with van der Waals surface area (Å²) in [6, 6.07) is 30.6. The van der Waals surface area contributed by atoms with Gasteiger partial charge in [-0.3, -0.25) is 28.2 Å². The molecule has 5 rings (SSSR count). The highest BCUT2D eigenvalue weighted by atomic mass is 31.2. The Kier molecular flexibility index (Phi) is 22.9. The second-order valence-electron chi connectivity index (χ2n) is 18.0. The van der Waals surface area contributed by atoms with Gasteiger partial charge in [0.15, 0.2) is 11.6 Å². The number of carbonyl (C=O) groups excluding carboxylic acids is 5. The smallest absolute Gasteiger partial charge is 0.460 e. The van der Waals surface area contributed by atoms with Crippen LogP contribution in [0.5, 0.6) is 23.0 Å². The molecule has 74 heavy (non-hydrogen) atoms. The Bertz CT molecular complexity index is 2700. The fourth-order valence-electron chi connectivity index (χ4n) is 6.86. The Morgan fingerprint density at radius 1 is 0.608 bits per heavy atom. The summed E-state index contributed by atoms with van der Waals surface area (Å²) in [5.74, 6) is -0.299. The van der Waals surface area contributed by atoms with Crippen molar-refractivity contribution in [2.75, 3.05) is 98.2 Å². The predicted molar refractivity (Wildman–Crippen MR) is 280 cm³/mol. The molecule has 0 aromatic heterocycles. The number of unbranched alkanes of at least 4 members (excludes halogenated alkanes) is 2. The topological polar surface area (TPSA) is 249 Å². The summed E-state index contributed by atoms with van der Waals surface area (Å²) < 4.78 is 51.1. The number of ether oxygens (including phenoxy) is 5. The molecule has 0 saturated heterocycles. The van der Waals surface area contributed by atoms with Crippen LogP contribution in [0.25, 0.3) is 0 Å². The summed E-state index contributed by atoms with van der Waals surface area (Å²) in [6.07, 6.45) is 2.50. The van der Waals surface area contributed by atoms with Gasteiger partial charge in [0.1, 0.15) is 42.8 Å². The molecule has 0 aliphatic carbocycles. The molecule has 2 unspecified atom stereocenters. The van der Waals surface area contributed by atoms with E-state index in [9.17, 15) is 33.4 Å². The number of nitrogens with zero attached hydrogens (tertiary/aromatic N) is 1. The van der Waals surface area contributed by atoms with Gasteiger partial charge in [0.2, 0.25) is 0 Å². The largest absolute Gasteiger partial charge is 0.472 e. The Morgan fingerprint density at radius 3 is 1.76 bits per heavy atom. The Morgan fingerprint density at radius 2 is 1.15 bits per heavy atom. The third kappa shape index (κ3) is 20.6. The molecule has 0 saturated carbocycles. The SMILES string of the molecule is CNc1ccc(Oc2cc(Oc3ccc(NC(=O)c4cccc(C(=O)C(N)CCCCCNC(=O)c5cccc(C(C)=O)c5)c4)cc3)cc(C(=O)OCCOCCOCCOP(=O)(O)OCC[N+](C)(C)C)c2)cc1. The van der Waals surface area contributed by atoms with E-state index in [1.165, 1.54) is 25.1 Å². The summed E-state index contributed by atoms with van der Waals surface area (Å²) in [5, 5.41) is 8.75. The van der Waals surface area contributed by atoms with E-state index in [0.29, 0.717) is 76.5 Å². The number of likely N-dealkylation sites (N-methyl/N-ethyl adjacent to an activating group) is 1. The molecule has 0 bridgehead atoms. The minimum atomic E-state index is -4.18. The average Bonchev–Trinajstić information content (AvgIpc) is 3.37. The molecule has 5 aromatic carbocycles. The van der Waals surface area contributed by atoms with Crippen molar-refractivity contribution in [3.8, 4) is 23.0 Å². The fourth-order valence-corrected chi connectivity index (χ4v) is 7.56. The van der Waals surface area contributed by atoms with E-state index in [-0.39, 0.29) is 80.6 Å². The number of hydrogen-bond donors (Lipinski definition) is 5. The van der Waals surface area contributed by atoms with E-state index in [2.05, 4.69) is 16.0 Å². The van der Waals surface area contributed by atoms with Gasteiger partial charge < -0.3 is 54.7 Å². The van der Waals surface area contributed by atoms with Crippen molar-refractivity contribution in [3.05, 3.63) is 143 Å². The standard InChI is InChI=1S/C54H66N5O14P/c1-38(60)39-11-9-13-41(33-39)52(62)57-24-8-6-7-15-50(55)51(61)40-12-10-14-42(34-40)53(63)58-45-18-22-47(23-19-45)73-49-36-43(35-48(37-49)72-46-20-16-44(56-2)17-21-46)54(64)69-31-29-67-27-28-68-30-32-71-74(65,66)70-26-25-59(3,4)5/h9-14,16-23,33-37,50,56H,6-8,15,24-32,55H2,1-5H3,(H2-,57,58,62,63,65,66)/p+1. The quantitative estimate of drug-likeness (QED) is 0.00893. The van der Waals surface area contributed by atoms with Gasteiger partial charge in [-0.2, -0.15) is 0 Å². The van der Waals surface area contributed by atoms with Gasteiger partial charge in [-0.15, -0.1) is 0 Å². The van der Waals surface area contributed by atoms with Crippen LogP contribution in [0.3, 0.4) is 0 Å². The number of phosphoric ester groups is 1. The molecule has 20 heteroatoms. The first-order chi connectivity index (χ1) is 35.4. The number of benzene rings is 5. The van der Waals surface area contributed by atoms with Gasteiger partial charge in [0, 0.05) is 53.3 Å². The molecule has 0 spiro atoms. The van der Waals surface area contributed by atoms with Gasteiger partial charge in [-0.25, -0.2) is 9.36 Å². The monoisotopic (exact) mass is 1040 g/mol. The summed E-state index contributed by atoms with van der Waals surface area (Å²) in [7, 11) is 3.43. The summed E-state index contributed by atoms with van der Waals surface area (Å²) in [6.45, 7) is 2.73. The zero-order chi connectivity index (χ0) is 53.5. The number of rotatable bonds is 32. The lowest BCUT2D eigenvalue weighted by molar-refractivity contribution is -0.870. The molecule has 2 amide bonds. The first-order valence-electron chi connectivity index (χ1n) is 24.1. The van der Waals surface area contributed by atoms with Gasteiger partial charge in [0.05, 0.1) is 65.8 Å². The van der Waals surface area contributed by atoms with Crippen LogP contribution >= 0.6 is 7.82 Å².